The predicted octanol–water partition coefficient (Wildman–Crippen LogP) is -0.838. The summed E-state index contributed by atoms with van der Waals surface area (Å²) in [6, 6.07) is -0.00301. The maximum Gasteiger partial charge on any atom is 0.376 e. The molecular formula is C8H18BNO5S. The number of methoxy groups -OCH3 is 1. The molecule has 0 aliphatic carbocycles. The maximum atomic E-state index is 11.0. The van der Waals surface area contributed by atoms with Gasteiger partial charge in [-0.2, -0.15) is 8.42 Å². The number of ether oxygens (including phenoxy) is 1. The van der Waals surface area contributed by atoms with Crippen LogP contribution in [0.1, 0.15) is 6.42 Å². The number of nitrogens with zero attached hydrogens (tertiary/aromatic N) is 1. The van der Waals surface area contributed by atoms with Crippen molar-refractivity contribution in [2.75, 3.05) is 26.5 Å². The summed E-state index contributed by atoms with van der Waals surface area (Å²) < 4.78 is 31.9. The van der Waals surface area contributed by atoms with Gasteiger partial charge in [0, 0.05) is 19.7 Å². The van der Waals surface area contributed by atoms with Crippen molar-refractivity contribution in [1.29, 1.82) is 0 Å². The van der Waals surface area contributed by atoms with Crippen LogP contribution in [-0.4, -0.2) is 64.0 Å². The van der Waals surface area contributed by atoms with Crippen LogP contribution in [0.2, 0.25) is 6.82 Å². The molecule has 1 N–H and O–H groups in total. The summed E-state index contributed by atoms with van der Waals surface area (Å²) in [6.45, 7) is 2.50. The smallest absolute Gasteiger partial charge is 0.376 e. The Morgan fingerprint density at radius 2 is 2.19 bits per heavy atom. The van der Waals surface area contributed by atoms with E-state index in [0.29, 0.717) is 19.6 Å². The van der Waals surface area contributed by atoms with Gasteiger partial charge in [0.1, 0.15) is 0 Å². The lowest BCUT2D eigenvalue weighted by Gasteiger charge is -2.23. The average molecular weight is 251 g/mol. The summed E-state index contributed by atoms with van der Waals surface area (Å²) in [5, 5.41) is 9.53. The van der Waals surface area contributed by atoms with Crippen LogP contribution in [0.3, 0.4) is 0 Å². The SMILES string of the molecule is COC[C@H]1C[C@H](OS(C)(=O)=O)CN1B(C)O. The van der Waals surface area contributed by atoms with Crippen molar-refractivity contribution in [3.05, 3.63) is 0 Å². The van der Waals surface area contributed by atoms with Crippen molar-refractivity contribution in [1.82, 2.24) is 4.81 Å². The molecule has 0 amide bonds. The Morgan fingerprint density at radius 3 is 2.62 bits per heavy atom. The first kappa shape index (κ1) is 13.9. The van der Waals surface area contributed by atoms with E-state index in [1.54, 1.807) is 18.7 Å². The predicted molar refractivity (Wildman–Crippen MR) is 60.5 cm³/mol. The van der Waals surface area contributed by atoms with Crippen LogP contribution in [-0.2, 0) is 19.0 Å². The normalized spacial score (nSPS) is 27.2. The van der Waals surface area contributed by atoms with Gasteiger partial charge in [0.2, 0.25) is 0 Å². The van der Waals surface area contributed by atoms with Gasteiger partial charge in [0.25, 0.3) is 10.1 Å². The lowest BCUT2D eigenvalue weighted by atomic mass is 9.84. The minimum atomic E-state index is -3.44. The van der Waals surface area contributed by atoms with Crippen molar-refractivity contribution >= 4 is 17.2 Å². The van der Waals surface area contributed by atoms with Crippen LogP contribution in [0.4, 0.5) is 0 Å². The molecule has 0 aromatic rings. The third-order valence-corrected chi connectivity index (χ3v) is 3.19. The van der Waals surface area contributed by atoms with Crippen LogP contribution >= 0.6 is 0 Å². The van der Waals surface area contributed by atoms with Gasteiger partial charge < -0.3 is 14.6 Å². The van der Waals surface area contributed by atoms with Crippen molar-refractivity contribution in [2.45, 2.75) is 25.4 Å². The summed E-state index contributed by atoms with van der Waals surface area (Å²) >= 11 is 0. The Bertz CT molecular complexity index is 320. The fraction of sp³-hybridized carbons (Fsp3) is 1.00. The lowest BCUT2D eigenvalue weighted by Crippen LogP contribution is -2.43. The van der Waals surface area contributed by atoms with E-state index in [9.17, 15) is 13.4 Å². The second-order valence-electron chi connectivity index (χ2n) is 4.10. The highest BCUT2D eigenvalue weighted by Gasteiger charge is 2.37. The average Bonchev–Trinajstić information content (AvgIpc) is 2.45. The number of rotatable bonds is 5. The van der Waals surface area contributed by atoms with Crippen molar-refractivity contribution < 1.29 is 22.4 Å². The Hall–Kier alpha value is -0.145. The van der Waals surface area contributed by atoms with E-state index in [0.717, 1.165) is 6.26 Å². The van der Waals surface area contributed by atoms with Crippen molar-refractivity contribution in [2.24, 2.45) is 0 Å². The first-order valence-electron chi connectivity index (χ1n) is 5.14. The molecule has 1 aliphatic rings. The van der Waals surface area contributed by atoms with Gasteiger partial charge in [-0.25, -0.2) is 0 Å². The topological polar surface area (TPSA) is 76.1 Å². The largest absolute Gasteiger partial charge is 0.437 e. The van der Waals surface area contributed by atoms with Crippen LogP contribution in [0.25, 0.3) is 0 Å². The second kappa shape index (κ2) is 5.46. The van der Waals surface area contributed by atoms with E-state index in [4.69, 9.17) is 8.92 Å². The highest BCUT2D eigenvalue weighted by atomic mass is 32.2. The molecule has 1 aliphatic heterocycles. The quantitative estimate of drug-likeness (QED) is 0.507. The minimum Gasteiger partial charge on any atom is -0.437 e. The fourth-order valence-corrected chi connectivity index (χ4v) is 2.66. The van der Waals surface area contributed by atoms with Crippen LogP contribution < -0.4 is 0 Å². The molecule has 8 heteroatoms. The molecule has 6 nitrogen and oxygen atoms in total. The van der Waals surface area contributed by atoms with Gasteiger partial charge in [-0.1, -0.05) is 0 Å². The zero-order chi connectivity index (χ0) is 12.3. The molecule has 0 saturated carbocycles. The third-order valence-electron chi connectivity index (χ3n) is 2.57. The standard InChI is InChI=1S/C8H18BNO5S/c1-9(11)10-5-8(15-16(3,12)13)4-7(10)6-14-2/h7-8,11H,4-6H2,1-3H3/t7-,8+/m1/s1. The molecule has 1 heterocycles. The molecule has 94 valence electrons. The summed E-state index contributed by atoms with van der Waals surface area (Å²) in [5.41, 5.74) is 0. The summed E-state index contributed by atoms with van der Waals surface area (Å²) in [7, 11) is -2.50. The molecule has 1 fully saturated rings. The van der Waals surface area contributed by atoms with Crippen LogP contribution in [0.5, 0.6) is 0 Å². The van der Waals surface area contributed by atoms with Gasteiger partial charge in [-0.05, 0) is 13.2 Å². The monoisotopic (exact) mass is 251 g/mol. The molecule has 0 aromatic heterocycles. The van der Waals surface area contributed by atoms with Gasteiger partial charge in [-0.15, -0.1) is 0 Å². The molecule has 0 bridgehead atoms. The summed E-state index contributed by atoms with van der Waals surface area (Å²) in [5.74, 6) is 0. The zero-order valence-electron chi connectivity index (χ0n) is 9.79. The molecule has 0 aromatic carbocycles. The van der Waals surface area contributed by atoms with E-state index in [1.807, 2.05) is 0 Å². The van der Waals surface area contributed by atoms with Gasteiger partial charge in [0.15, 0.2) is 0 Å². The Morgan fingerprint density at radius 1 is 1.56 bits per heavy atom. The number of hydrogen-bond donors (Lipinski definition) is 1. The summed E-state index contributed by atoms with van der Waals surface area (Å²) in [4.78, 5) is 1.78. The molecule has 1 saturated heterocycles. The van der Waals surface area contributed by atoms with Crippen LogP contribution in [0, 0.1) is 0 Å². The van der Waals surface area contributed by atoms with E-state index in [-0.39, 0.29) is 6.04 Å². The summed E-state index contributed by atoms with van der Waals surface area (Å²) in [6.07, 6.45) is 1.18. The second-order valence-corrected chi connectivity index (χ2v) is 5.70. The maximum absolute atomic E-state index is 11.0. The van der Waals surface area contributed by atoms with E-state index >= 15 is 0 Å². The first-order chi connectivity index (χ1) is 7.33. The molecule has 0 unspecified atom stereocenters. The fourth-order valence-electron chi connectivity index (χ4n) is 2.03. The van der Waals surface area contributed by atoms with Crippen LogP contribution in [0.15, 0.2) is 0 Å². The Balaban J connectivity index is 2.61. The van der Waals surface area contributed by atoms with Gasteiger partial charge in [0.05, 0.1) is 19.0 Å². The molecular weight excluding hydrogens is 233 g/mol. The van der Waals surface area contributed by atoms with E-state index in [1.165, 1.54) is 0 Å². The third kappa shape index (κ3) is 4.02. The highest BCUT2D eigenvalue weighted by molar-refractivity contribution is 7.86. The molecule has 2 atom stereocenters. The van der Waals surface area contributed by atoms with Crippen molar-refractivity contribution in [3.8, 4) is 0 Å². The molecule has 0 radical (unpaired) electrons. The molecule has 1 rings (SSSR count). The van der Waals surface area contributed by atoms with E-state index in [2.05, 4.69) is 0 Å². The molecule has 16 heavy (non-hydrogen) atoms. The zero-order valence-corrected chi connectivity index (χ0v) is 10.6. The van der Waals surface area contributed by atoms with Crippen molar-refractivity contribution in [3.63, 3.8) is 0 Å². The van der Waals surface area contributed by atoms with Gasteiger partial charge in [-0.3, -0.25) is 4.18 Å². The minimum absolute atomic E-state index is 0.00301. The van der Waals surface area contributed by atoms with E-state index < -0.39 is 23.3 Å². The molecule has 0 spiro atoms. The number of hydrogen-bond acceptors (Lipinski definition) is 6. The van der Waals surface area contributed by atoms with Gasteiger partial charge >= 0.3 is 7.05 Å². The Kier molecular flexibility index (Phi) is 4.75. The first-order valence-corrected chi connectivity index (χ1v) is 6.96. The highest BCUT2D eigenvalue weighted by Crippen LogP contribution is 2.22. The lowest BCUT2D eigenvalue weighted by molar-refractivity contribution is 0.141. The Labute approximate surface area is 96.8 Å².